The van der Waals surface area contributed by atoms with E-state index in [9.17, 15) is 0 Å². The summed E-state index contributed by atoms with van der Waals surface area (Å²) in [4.78, 5) is 0. The van der Waals surface area contributed by atoms with Gasteiger partial charge in [0.05, 0.1) is 13.2 Å². The maximum atomic E-state index is 6.17. The number of ether oxygens (including phenoxy) is 4. The molecule has 2 saturated heterocycles. The Hall–Kier alpha value is -2.30. The molecule has 2 heterocycles. The third-order valence-corrected chi connectivity index (χ3v) is 4.72. The molecule has 2 unspecified atom stereocenters. The molecule has 2 aromatic rings. The summed E-state index contributed by atoms with van der Waals surface area (Å²) in [6, 6.07) is 8.41. The molecule has 136 valence electrons. The molecule has 0 aliphatic carbocycles. The molecule has 0 aromatic heterocycles. The van der Waals surface area contributed by atoms with Crippen LogP contribution in [0.25, 0.3) is 10.8 Å². The lowest BCUT2D eigenvalue weighted by Gasteiger charge is -2.28. The van der Waals surface area contributed by atoms with E-state index in [1.54, 1.807) is 0 Å². The number of benzene rings is 2. The molecule has 0 amide bonds. The zero-order valence-electron chi connectivity index (χ0n) is 14.9. The van der Waals surface area contributed by atoms with Gasteiger partial charge in [0.15, 0.2) is 0 Å². The van der Waals surface area contributed by atoms with Gasteiger partial charge in [-0.15, -0.1) is 13.2 Å². The molecular formula is C22H24O4. The standard InChI is InChI=1S/C22H24O4/c1-3-5-15-7-10-19-18(21(15)25-14-17-13-24-17)9-8-16(6-4-2)22(19)26-20-11-12-23-20/h3-4,7-10,17,20H,1-2,5-6,11-14H2. The Morgan fingerprint density at radius 1 is 0.962 bits per heavy atom. The molecule has 4 rings (SSSR count). The third-order valence-electron chi connectivity index (χ3n) is 4.72. The fourth-order valence-electron chi connectivity index (χ4n) is 3.16. The number of allylic oxidation sites excluding steroid dienone is 2. The van der Waals surface area contributed by atoms with Crippen molar-refractivity contribution >= 4 is 10.8 Å². The highest BCUT2D eigenvalue weighted by atomic mass is 16.7. The van der Waals surface area contributed by atoms with Gasteiger partial charge in [0.1, 0.15) is 24.2 Å². The first-order chi connectivity index (χ1) is 12.8. The molecule has 0 radical (unpaired) electrons. The van der Waals surface area contributed by atoms with Crippen LogP contribution in [0.1, 0.15) is 17.5 Å². The molecule has 0 spiro atoms. The zero-order chi connectivity index (χ0) is 17.9. The molecule has 4 heteroatoms. The lowest BCUT2D eigenvalue weighted by atomic mass is 9.98. The summed E-state index contributed by atoms with van der Waals surface area (Å²) in [7, 11) is 0. The summed E-state index contributed by atoms with van der Waals surface area (Å²) in [5, 5.41) is 2.09. The molecule has 4 nitrogen and oxygen atoms in total. The van der Waals surface area contributed by atoms with Crippen LogP contribution in [-0.2, 0) is 22.3 Å². The van der Waals surface area contributed by atoms with Gasteiger partial charge in [-0.3, -0.25) is 0 Å². The molecule has 2 fully saturated rings. The van der Waals surface area contributed by atoms with Crippen molar-refractivity contribution in [3.63, 3.8) is 0 Å². The van der Waals surface area contributed by atoms with Crippen molar-refractivity contribution < 1.29 is 18.9 Å². The smallest absolute Gasteiger partial charge is 0.202 e. The molecule has 2 atom stereocenters. The molecule has 26 heavy (non-hydrogen) atoms. The average molecular weight is 352 g/mol. The van der Waals surface area contributed by atoms with Crippen LogP contribution in [0, 0.1) is 0 Å². The Bertz CT molecular complexity index is 818. The third kappa shape index (κ3) is 3.48. The van der Waals surface area contributed by atoms with Gasteiger partial charge in [-0.05, 0) is 24.0 Å². The predicted molar refractivity (Wildman–Crippen MR) is 102 cm³/mol. The van der Waals surface area contributed by atoms with Crippen molar-refractivity contribution in [1.82, 2.24) is 0 Å². The molecule has 0 bridgehead atoms. The number of hydrogen-bond donors (Lipinski definition) is 0. The van der Waals surface area contributed by atoms with E-state index in [1.807, 2.05) is 12.2 Å². The van der Waals surface area contributed by atoms with Crippen LogP contribution in [0.3, 0.4) is 0 Å². The minimum atomic E-state index is -0.166. The number of epoxide rings is 1. The highest BCUT2D eigenvalue weighted by molar-refractivity contribution is 5.95. The second-order valence-electron chi connectivity index (χ2n) is 6.66. The normalized spacial score (nSPS) is 21.1. The van der Waals surface area contributed by atoms with Gasteiger partial charge in [0.25, 0.3) is 0 Å². The summed E-state index contributed by atoms with van der Waals surface area (Å²) < 4.78 is 23.1. The van der Waals surface area contributed by atoms with E-state index < -0.39 is 0 Å². The van der Waals surface area contributed by atoms with E-state index in [2.05, 4.69) is 37.4 Å². The van der Waals surface area contributed by atoms with Crippen molar-refractivity contribution in [2.24, 2.45) is 0 Å². The van der Waals surface area contributed by atoms with Crippen LogP contribution >= 0.6 is 0 Å². The molecule has 2 aromatic carbocycles. The maximum absolute atomic E-state index is 6.17. The van der Waals surface area contributed by atoms with Crippen molar-refractivity contribution in [2.45, 2.75) is 31.7 Å². The van der Waals surface area contributed by atoms with E-state index in [0.29, 0.717) is 6.61 Å². The van der Waals surface area contributed by atoms with Crippen LogP contribution in [0.15, 0.2) is 49.6 Å². The van der Waals surface area contributed by atoms with Crippen LogP contribution < -0.4 is 9.47 Å². The van der Waals surface area contributed by atoms with E-state index in [1.165, 1.54) is 0 Å². The van der Waals surface area contributed by atoms with Crippen LogP contribution in [0.4, 0.5) is 0 Å². The van der Waals surface area contributed by atoms with Gasteiger partial charge in [0.2, 0.25) is 6.29 Å². The van der Waals surface area contributed by atoms with Crippen molar-refractivity contribution in [1.29, 1.82) is 0 Å². The number of hydrogen-bond acceptors (Lipinski definition) is 4. The Kier molecular flexibility index (Phi) is 4.96. The predicted octanol–water partition coefficient (Wildman–Crippen LogP) is 4.20. The summed E-state index contributed by atoms with van der Waals surface area (Å²) in [6.07, 6.45) is 6.26. The summed E-state index contributed by atoms with van der Waals surface area (Å²) in [5.74, 6) is 1.76. The first-order valence-electron chi connectivity index (χ1n) is 9.12. The summed E-state index contributed by atoms with van der Waals surface area (Å²) >= 11 is 0. The average Bonchev–Trinajstić information content (AvgIpc) is 3.42. The minimum absolute atomic E-state index is 0.166. The first kappa shape index (κ1) is 17.1. The molecule has 2 aliphatic heterocycles. The monoisotopic (exact) mass is 352 g/mol. The van der Waals surface area contributed by atoms with Crippen molar-refractivity contribution in [3.05, 3.63) is 60.7 Å². The highest BCUT2D eigenvalue weighted by Crippen LogP contribution is 2.39. The molecular weight excluding hydrogens is 328 g/mol. The molecule has 2 aliphatic rings. The quantitative estimate of drug-likeness (QED) is 0.501. The van der Waals surface area contributed by atoms with Gasteiger partial charge in [-0.1, -0.05) is 36.4 Å². The topological polar surface area (TPSA) is 40.2 Å². The molecule has 0 saturated carbocycles. The SMILES string of the molecule is C=CCc1ccc2c(OC3CCO3)c(CC=C)ccc2c1OCC1CO1. The van der Waals surface area contributed by atoms with Crippen molar-refractivity contribution in [2.75, 3.05) is 19.8 Å². The van der Waals surface area contributed by atoms with E-state index in [4.69, 9.17) is 18.9 Å². The van der Waals surface area contributed by atoms with Crippen molar-refractivity contribution in [3.8, 4) is 11.5 Å². The van der Waals surface area contributed by atoms with E-state index >= 15 is 0 Å². The highest BCUT2D eigenvalue weighted by Gasteiger charge is 2.25. The van der Waals surface area contributed by atoms with E-state index in [0.717, 1.165) is 65.9 Å². The fraction of sp³-hybridized carbons (Fsp3) is 0.364. The summed E-state index contributed by atoms with van der Waals surface area (Å²) in [6.45, 7) is 9.83. The molecule has 0 N–H and O–H groups in total. The lowest BCUT2D eigenvalue weighted by molar-refractivity contribution is -0.165. The maximum Gasteiger partial charge on any atom is 0.202 e. The second kappa shape index (κ2) is 7.52. The van der Waals surface area contributed by atoms with Gasteiger partial charge in [0, 0.05) is 17.2 Å². The lowest BCUT2D eigenvalue weighted by Crippen LogP contribution is -2.32. The Morgan fingerprint density at radius 3 is 2.12 bits per heavy atom. The van der Waals surface area contributed by atoms with Crippen LogP contribution in [0.5, 0.6) is 11.5 Å². The largest absolute Gasteiger partial charge is 0.490 e. The number of rotatable bonds is 9. The Morgan fingerprint density at radius 2 is 1.58 bits per heavy atom. The Balaban J connectivity index is 1.79. The first-order valence-corrected chi connectivity index (χ1v) is 9.12. The zero-order valence-corrected chi connectivity index (χ0v) is 14.9. The van der Waals surface area contributed by atoms with E-state index in [-0.39, 0.29) is 12.4 Å². The minimum Gasteiger partial charge on any atom is -0.490 e. The van der Waals surface area contributed by atoms with Gasteiger partial charge >= 0.3 is 0 Å². The second-order valence-corrected chi connectivity index (χ2v) is 6.66. The Labute approximate surface area is 154 Å². The number of fused-ring (bicyclic) bond motifs is 1. The van der Waals surface area contributed by atoms with Crippen LogP contribution in [-0.4, -0.2) is 32.2 Å². The van der Waals surface area contributed by atoms with Gasteiger partial charge in [-0.25, -0.2) is 0 Å². The fourth-order valence-corrected chi connectivity index (χ4v) is 3.16. The van der Waals surface area contributed by atoms with Gasteiger partial charge < -0.3 is 18.9 Å². The van der Waals surface area contributed by atoms with Gasteiger partial charge in [-0.2, -0.15) is 0 Å². The summed E-state index contributed by atoms with van der Waals surface area (Å²) in [5.41, 5.74) is 2.23. The van der Waals surface area contributed by atoms with Crippen LogP contribution in [0.2, 0.25) is 0 Å².